The third-order valence-electron chi connectivity index (χ3n) is 11.5. The molecule has 16 nitrogen and oxygen atoms in total. The van der Waals surface area contributed by atoms with Gasteiger partial charge in [0.25, 0.3) is 0 Å². The van der Waals surface area contributed by atoms with Gasteiger partial charge in [0.15, 0.2) is 11.6 Å². The van der Waals surface area contributed by atoms with Gasteiger partial charge in [0.05, 0.1) is 51.5 Å². The average Bonchev–Trinajstić information content (AvgIpc) is 3.80. The van der Waals surface area contributed by atoms with Gasteiger partial charge in [0.1, 0.15) is 32.3 Å². The second-order valence-corrected chi connectivity index (χ2v) is 19.9. The Bertz CT molecular complexity index is 3020. The molecule has 0 aliphatic heterocycles. The number of hydrogen-bond donors (Lipinski definition) is 1. The van der Waals surface area contributed by atoms with E-state index in [4.69, 9.17) is 28.2 Å². The fourth-order valence-corrected chi connectivity index (χ4v) is 10.5. The lowest BCUT2D eigenvalue weighted by molar-refractivity contribution is -0.118. The van der Waals surface area contributed by atoms with Crippen LogP contribution in [0.5, 0.6) is 0 Å². The summed E-state index contributed by atoms with van der Waals surface area (Å²) in [5.41, 5.74) is 7.00. The number of fused-ring (bicyclic) bond motifs is 2. The molecule has 64 heavy (non-hydrogen) atoms. The van der Waals surface area contributed by atoms with Crippen LogP contribution in [0.25, 0.3) is 32.3 Å². The van der Waals surface area contributed by atoms with Crippen LogP contribution in [0.15, 0.2) is 61.7 Å². The van der Waals surface area contributed by atoms with Crippen LogP contribution in [0, 0.1) is 13.8 Å². The Balaban J connectivity index is 0.000000162. The van der Waals surface area contributed by atoms with Crippen molar-refractivity contribution >= 4 is 78.1 Å². The number of ketones is 2. The number of carbonyl (C=O) groups is 2. The minimum absolute atomic E-state index is 0.0194. The molecule has 2 saturated carbocycles. The molecule has 10 rings (SSSR count). The van der Waals surface area contributed by atoms with Gasteiger partial charge in [-0.05, 0) is 99.1 Å². The summed E-state index contributed by atoms with van der Waals surface area (Å²) in [5, 5.41) is 28.9. The molecule has 0 amide bonds. The quantitative estimate of drug-likeness (QED) is 0.116. The first kappa shape index (κ1) is 43.7. The SMILES string of the molecule is Cc1nc2c(C3(CN(C)C)CC3)c(CC(=O)Cc3cnc(-n4nccn4)c(Cl)c3)cnc2s1.Cc1nc2c(C3(CO)CC3)c(CC(=O)Cc3cnc(-n4nccn4)c(Cl)c3)cnc2s1. The Hall–Kier alpha value is -5.50. The van der Waals surface area contributed by atoms with Gasteiger partial charge >= 0.3 is 0 Å². The molecule has 8 aromatic heterocycles. The standard InChI is InChI=1S/C23H24ClN7OS.C21H19ClN6O2S/c1-14-29-20-19(23(4-5-23)13-30(2)3)16(12-26-22(20)33-14)10-17(32)8-15-9-18(24)21(25-11-15)31-27-6-7-28-31;1-12-27-18-17(21(11-29)2-3-21)14(10-24-20(18)31-12)8-15(30)6-13-7-16(22)19(23-9-13)28-25-4-5-26-28/h6-7,9,11-12H,4-5,8,10,13H2,1-3H3;4-5,7,9-10,29H,2-3,6,8,11H2,1H3. The molecule has 20 heteroatoms. The number of aryl methyl sites for hydroxylation is 2. The van der Waals surface area contributed by atoms with Crippen molar-refractivity contribution in [2.24, 2.45) is 0 Å². The summed E-state index contributed by atoms with van der Waals surface area (Å²) in [4.78, 5) is 60.0. The molecule has 0 unspecified atom stereocenters. The van der Waals surface area contributed by atoms with E-state index in [0.717, 1.165) is 85.2 Å². The highest BCUT2D eigenvalue weighted by Gasteiger charge is 2.48. The van der Waals surface area contributed by atoms with E-state index in [1.165, 1.54) is 26.5 Å². The highest BCUT2D eigenvalue weighted by molar-refractivity contribution is 7.18. The summed E-state index contributed by atoms with van der Waals surface area (Å²) in [7, 11) is 4.18. The summed E-state index contributed by atoms with van der Waals surface area (Å²) in [6.45, 7) is 4.93. The summed E-state index contributed by atoms with van der Waals surface area (Å²) in [6.07, 6.45) is 18.1. The van der Waals surface area contributed by atoms with Gasteiger partial charge in [-0.25, -0.2) is 29.9 Å². The zero-order valence-electron chi connectivity index (χ0n) is 35.5. The lowest BCUT2D eigenvalue weighted by Crippen LogP contribution is -2.27. The minimum Gasteiger partial charge on any atom is -0.395 e. The van der Waals surface area contributed by atoms with E-state index < -0.39 is 0 Å². The normalized spacial score (nSPS) is 14.8. The first-order valence-corrected chi connectivity index (χ1v) is 23.0. The van der Waals surface area contributed by atoms with Gasteiger partial charge in [0.2, 0.25) is 0 Å². The Morgan fingerprint density at radius 1 is 0.656 bits per heavy atom. The molecule has 0 spiro atoms. The zero-order chi connectivity index (χ0) is 44.8. The van der Waals surface area contributed by atoms with Crippen molar-refractivity contribution in [1.82, 2.24) is 64.8 Å². The predicted molar refractivity (Wildman–Crippen MR) is 245 cm³/mol. The summed E-state index contributed by atoms with van der Waals surface area (Å²) in [6, 6.07) is 3.47. The lowest BCUT2D eigenvalue weighted by Gasteiger charge is -2.23. The molecule has 2 aliphatic rings. The summed E-state index contributed by atoms with van der Waals surface area (Å²) < 4.78 is 0. The molecular formula is C44H43Cl2N13O3S2. The number of thiazole rings is 2. The van der Waals surface area contributed by atoms with E-state index in [0.29, 0.717) is 33.7 Å². The fourth-order valence-electron chi connectivity index (χ4n) is 8.46. The number of carbonyl (C=O) groups excluding carboxylic acids is 2. The number of nitrogens with zero attached hydrogens (tertiary/aromatic N) is 13. The minimum atomic E-state index is -0.305. The summed E-state index contributed by atoms with van der Waals surface area (Å²) >= 11 is 15.8. The monoisotopic (exact) mass is 935 g/mol. The third kappa shape index (κ3) is 9.07. The van der Waals surface area contributed by atoms with E-state index in [1.807, 2.05) is 20.0 Å². The van der Waals surface area contributed by atoms with Crippen LogP contribution in [0.1, 0.15) is 69.1 Å². The first-order chi connectivity index (χ1) is 30.8. The largest absolute Gasteiger partial charge is 0.395 e. The molecule has 8 heterocycles. The maximum absolute atomic E-state index is 13.1. The van der Waals surface area contributed by atoms with Crippen molar-refractivity contribution in [2.75, 3.05) is 27.2 Å². The molecule has 1 N–H and O–H groups in total. The Kier molecular flexibility index (Phi) is 12.2. The van der Waals surface area contributed by atoms with Crippen molar-refractivity contribution in [3.8, 4) is 11.6 Å². The summed E-state index contributed by atoms with van der Waals surface area (Å²) in [5.74, 6) is 0.962. The van der Waals surface area contributed by atoms with Crippen LogP contribution < -0.4 is 0 Å². The van der Waals surface area contributed by atoms with E-state index in [1.54, 1.807) is 66.8 Å². The Morgan fingerprint density at radius 2 is 1.08 bits per heavy atom. The topological polar surface area (TPSA) is 196 Å². The highest BCUT2D eigenvalue weighted by Crippen LogP contribution is 2.53. The molecule has 2 fully saturated rings. The second kappa shape index (κ2) is 17.8. The number of aliphatic hydroxyl groups excluding tert-OH is 1. The van der Waals surface area contributed by atoms with Crippen LogP contribution in [0.4, 0.5) is 0 Å². The van der Waals surface area contributed by atoms with E-state index in [9.17, 15) is 14.7 Å². The number of halogens is 2. The van der Waals surface area contributed by atoms with Crippen molar-refractivity contribution in [2.45, 2.75) is 76.0 Å². The van der Waals surface area contributed by atoms with Gasteiger partial charge in [-0.1, -0.05) is 45.9 Å². The van der Waals surface area contributed by atoms with E-state index >= 15 is 0 Å². The number of rotatable bonds is 15. The lowest BCUT2D eigenvalue weighted by atomic mass is 9.88. The van der Waals surface area contributed by atoms with Gasteiger partial charge in [0, 0.05) is 67.8 Å². The molecule has 8 aromatic rings. The van der Waals surface area contributed by atoms with Crippen molar-refractivity contribution < 1.29 is 14.7 Å². The van der Waals surface area contributed by atoms with E-state index in [2.05, 4.69) is 64.3 Å². The number of aliphatic hydroxyl groups is 1. The van der Waals surface area contributed by atoms with Crippen molar-refractivity contribution in [1.29, 1.82) is 0 Å². The van der Waals surface area contributed by atoms with Crippen LogP contribution in [0.2, 0.25) is 10.0 Å². The highest BCUT2D eigenvalue weighted by atomic mass is 35.5. The number of hydrogen-bond acceptors (Lipinski definition) is 16. The predicted octanol–water partition coefficient (Wildman–Crippen LogP) is 6.58. The maximum atomic E-state index is 13.1. The van der Waals surface area contributed by atoms with Crippen molar-refractivity contribution in [3.63, 3.8) is 0 Å². The molecule has 0 saturated heterocycles. The van der Waals surface area contributed by atoms with Crippen LogP contribution in [0.3, 0.4) is 0 Å². The van der Waals surface area contributed by atoms with Gasteiger partial charge in [-0.3, -0.25) is 9.59 Å². The first-order valence-electron chi connectivity index (χ1n) is 20.7. The molecule has 2 aliphatic carbocycles. The average molecular weight is 937 g/mol. The molecule has 0 bridgehead atoms. The van der Waals surface area contributed by atoms with E-state index in [-0.39, 0.29) is 48.3 Å². The third-order valence-corrected chi connectivity index (χ3v) is 13.8. The molecular weight excluding hydrogens is 894 g/mol. The molecule has 0 atom stereocenters. The van der Waals surface area contributed by atoms with Gasteiger partial charge in [-0.15, -0.1) is 9.59 Å². The smallest absolute Gasteiger partial charge is 0.193 e. The van der Waals surface area contributed by atoms with Crippen LogP contribution in [-0.2, 0) is 46.1 Å². The van der Waals surface area contributed by atoms with Gasteiger partial charge in [-0.2, -0.15) is 20.4 Å². The number of likely N-dealkylation sites (N-methyl/N-ethyl adjacent to an activating group) is 1. The van der Waals surface area contributed by atoms with Crippen LogP contribution >= 0.6 is 45.9 Å². The number of Topliss-reactive ketones (excluding diaryl/α,β-unsaturated/α-hetero) is 2. The van der Waals surface area contributed by atoms with Gasteiger partial charge < -0.3 is 10.0 Å². The number of pyridine rings is 4. The molecule has 0 radical (unpaired) electrons. The molecule has 328 valence electrons. The Morgan fingerprint density at radius 3 is 1.45 bits per heavy atom. The molecule has 0 aromatic carbocycles. The Labute approximate surface area is 385 Å². The second-order valence-electron chi connectivity index (χ2n) is 16.8. The number of aromatic nitrogens is 12. The maximum Gasteiger partial charge on any atom is 0.193 e. The van der Waals surface area contributed by atoms with Crippen LogP contribution in [-0.4, -0.2) is 109 Å². The zero-order valence-corrected chi connectivity index (χ0v) is 38.6. The van der Waals surface area contributed by atoms with Crippen molar-refractivity contribution in [3.05, 3.63) is 115 Å². The fraction of sp³-hybridized carbons (Fsp3) is 0.364.